The van der Waals surface area contributed by atoms with Gasteiger partial charge in [0.05, 0.1) is 11.3 Å². The lowest BCUT2D eigenvalue weighted by molar-refractivity contribution is 0.0693. The minimum absolute atomic E-state index is 0.148. The highest BCUT2D eigenvalue weighted by molar-refractivity contribution is 5.90. The van der Waals surface area contributed by atoms with Crippen molar-refractivity contribution in [3.05, 3.63) is 22.9 Å². The third-order valence-electron chi connectivity index (χ3n) is 1.54. The molecule has 5 heteroatoms. The molecule has 66 valence electrons. The second-order valence-corrected chi connectivity index (χ2v) is 2.41. The quantitative estimate of drug-likeness (QED) is 0.658. The molecule has 0 unspecified atom stereocenters. The van der Waals surface area contributed by atoms with Gasteiger partial charge in [-0.05, 0) is 13.0 Å². The molecular weight excluding hydrogens is 172 g/mol. The number of carbonyl (C=O) groups is 1. The van der Waals surface area contributed by atoms with Gasteiger partial charge in [-0.1, -0.05) is 0 Å². The summed E-state index contributed by atoms with van der Waals surface area (Å²) in [4.78, 5) is 14.0. The van der Waals surface area contributed by atoms with Crippen LogP contribution in [0, 0.1) is 18.3 Å². The first-order valence-electron chi connectivity index (χ1n) is 3.40. The van der Waals surface area contributed by atoms with Gasteiger partial charge in [-0.15, -0.1) is 0 Å². The number of carboxylic acid groups (broad SMARTS) is 1. The lowest BCUT2D eigenvalue weighted by Gasteiger charge is -2.00. The molecule has 0 aliphatic rings. The molecule has 0 bridgehead atoms. The number of aromatic nitrogens is 1. The van der Waals surface area contributed by atoms with Gasteiger partial charge in [0.25, 0.3) is 0 Å². The number of aromatic carboxylic acids is 1. The second-order valence-electron chi connectivity index (χ2n) is 2.41. The highest BCUT2D eigenvalue weighted by Crippen LogP contribution is 2.17. The first-order valence-corrected chi connectivity index (χ1v) is 3.40. The summed E-state index contributed by atoms with van der Waals surface area (Å²) in [6, 6.07) is 2.88. The summed E-state index contributed by atoms with van der Waals surface area (Å²) in [6.07, 6.45) is 0. The molecule has 1 aromatic rings. The standard InChI is InChI=1S/C8H6N2O3/c1-4-5(3-9)2-6(8(12)13)7(11)10-4/h2H,1H3,(H,10,11)(H,12,13). The zero-order valence-corrected chi connectivity index (χ0v) is 6.77. The zero-order chi connectivity index (χ0) is 10.0. The SMILES string of the molecule is Cc1nc(O)c(C(=O)O)cc1C#N. The van der Waals surface area contributed by atoms with Gasteiger partial charge in [-0.25, -0.2) is 9.78 Å². The van der Waals surface area contributed by atoms with Gasteiger partial charge >= 0.3 is 5.97 Å². The van der Waals surface area contributed by atoms with E-state index < -0.39 is 11.8 Å². The van der Waals surface area contributed by atoms with Gasteiger partial charge in [0, 0.05) is 0 Å². The third kappa shape index (κ3) is 1.56. The van der Waals surface area contributed by atoms with Crippen LogP contribution in [0.5, 0.6) is 5.88 Å². The molecule has 0 aliphatic heterocycles. The molecule has 13 heavy (non-hydrogen) atoms. The maximum atomic E-state index is 10.5. The van der Waals surface area contributed by atoms with Gasteiger partial charge in [0.1, 0.15) is 11.6 Å². The van der Waals surface area contributed by atoms with Crippen LogP contribution in [0.1, 0.15) is 21.6 Å². The molecule has 5 nitrogen and oxygen atoms in total. The van der Waals surface area contributed by atoms with Gasteiger partial charge in [0.15, 0.2) is 0 Å². The Kier molecular flexibility index (Phi) is 2.15. The molecule has 0 saturated heterocycles. The smallest absolute Gasteiger partial charge is 0.341 e. The Morgan fingerprint density at radius 3 is 2.77 bits per heavy atom. The Balaban J connectivity index is 3.41. The van der Waals surface area contributed by atoms with Crippen molar-refractivity contribution in [2.24, 2.45) is 0 Å². The van der Waals surface area contributed by atoms with E-state index in [1.165, 1.54) is 6.92 Å². The molecule has 0 aromatic carbocycles. The van der Waals surface area contributed by atoms with Crippen LogP contribution in [0.3, 0.4) is 0 Å². The van der Waals surface area contributed by atoms with Gasteiger partial charge in [-0.3, -0.25) is 0 Å². The van der Waals surface area contributed by atoms with Crippen LogP contribution in [0.2, 0.25) is 0 Å². The Bertz CT molecular complexity index is 407. The van der Waals surface area contributed by atoms with Crippen LogP contribution in [-0.2, 0) is 0 Å². The van der Waals surface area contributed by atoms with E-state index in [2.05, 4.69) is 4.98 Å². The number of aryl methyl sites for hydroxylation is 1. The van der Waals surface area contributed by atoms with Crippen LogP contribution < -0.4 is 0 Å². The molecule has 1 aromatic heterocycles. The van der Waals surface area contributed by atoms with Crippen LogP contribution in [0.4, 0.5) is 0 Å². The topological polar surface area (TPSA) is 94.2 Å². The molecule has 0 radical (unpaired) electrons. The van der Waals surface area contributed by atoms with Crippen LogP contribution in [0.25, 0.3) is 0 Å². The summed E-state index contributed by atoms with van der Waals surface area (Å²) < 4.78 is 0. The zero-order valence-electron chi connectivity index (χ0n) is 6.77. The molecule has 1 rings (SSSR count). The highest BCUT2D eigenvalue weighted by atomic mass is 16.4. The predicted molar refractivity (Wildman–Crippen MR) is 42.3 cm³/mol. The summed E-state index contributed by atoms with van der Waals surface area (Å²) in [6.45, 7) is 1.52. The van der Waals surface area contributed by atoms with Crippen molar-refractivity contribution < 1.29 is 15.0 Å². The third-order valence-corrected chi connectivity index (χ3v) is 1.54. The monoisotopic (exact) mass is 178 g/mol. The minimum atomic E-state index is -1.30. The van der Waals surface area contributed by atoms with Gasteiger partial charge in [0.2, 0.25) is 5.88 Å². The maximum Gasteiger partial charge on any atom is 0.341 e. The van der Waals surface area contributed by atoms with Crippen molar-refractivity contribution in [1.29, 1.82) is 5.26 Å². The first-order chi connectivity index (χ1) is 6.06. The Morgan fingerprint density at radius 2 is 2.31 bits per heavy atom. The fourth-order valence-corrected chi connectivity index (χ4v) is 0.863. The second kappa shape index (κ2) is 3.11. The molecule has 0 saturated carbocycles. The Labute approximate surface area is 73.9 Å². The molecule has 0 spiro atoms. The Hall–Kier alpha value is -2.09. The number of hydrogen-bond donors (Lipinski definition) is 2. The van der Waals surface area contributed by atoms with Crippen LogP contribution in [-0.4, -0.2) is 21.2 Å². The number of nitrogens with zero attached hydrogens (tertiary/aromatic N) is 2. The fraction of sp³-hybridized carbons (Fsp3) is 0.125. The van der Waals surface area contributed by atoms with Crippen LogP contribution >= 0.6 is 0 Å². The van der Waals surface area contributed by atoms with Gasteiger partial charge < -0.3 is 10.2 Å². The average molecular weight is 178 g/mol. The lowest BCUT2D eigenvalue weighted by atomic mass is 10.1. The fourth-order valence-electron chi connectivity index (χ4n) is 0.863. The number of aromatic hydroxyl groups is 1. The van der Waals surface area contributed by atoms with E-state index in [0.717, 1.165) is 6.07 Å². The van der Waals surface area contributed by atoms with Crippen molar-refractivity contribution in [3.63, 3.8) is 0 Å². The van der Waals surface area contributed by atoms with Gasteiger partial charge in [-0.2, -0.15) is 5.26 Å². The number of nitriles is 1. The van der Waals surface area contributed by atoms with Crippen molar-refractivity contribution in [2.75, 3.05) is 0 Å². The number of hydrogen-bond acceptors (Lipinski definition) is 4. The number of carboxylic acids is 1. The van der Waals surface area contributed by atoms with Crippen LogP contribution in [0.15, 0.2) is 6.07 Å². The van der Waals surface area contributed by atoms with Crippen molar-refractivity contribution in [3.8, 4) is 11.9 Å². The number of rotatable bonds is 1. The van der Waals surface area contributed by atoms with E-state index in [1.807, 2.05) is 0 Å². The van der Waals surface area contributed by atoms with E-state index >= 15 is 0 Å². The largest absolute Gasteiger partial charge is 0.493 e. The summed E-state index contributed by atoms with van der Waals surface area (Å²) in [5, 5.41) is 26.2. The van der Waals surface area contributed by atoms with E-state index in [9.17, 15) is 4.79 Å². The molecule has 0 atom stereocenters. The molecular formula is C8H6N2O3. The Morgan fingerprint density at radius 1 is 1.69 bits per heavy atom. The normalized spacial score (nSPS) is 9.23. The summed E-state index contributed by atoms with van der Waals surface area (Å²) in [5.41, 5.74) is 0.0994. The predicted octanol–water partition coefficient (Wildman–Crippen LogP) is 0.665. The van der Waals surface area contributed by atoms with E-state index in [0.29, 0.717) is 5.69 Å². The molecule has 0 amide bonds. The lowest BCUT2D eigenvalue weighted by Crippen LogP contribution is -2.01. The summed E-state index contributed by atoms with van der Waals surface area (Å²) in [7, 11) is 0. The molecule has 2 N–H and O–H groups in total. The molecule has 0 fully saturated rings. The van der Waals surface area contributed by atoms with E-state index in [4.69, 9.17) is 15.5 Å². The first kappa shape index (κ1) is 9.00. The minimum Gasteiger partial charge on any atom is -0.493 e. The van der Waals surface area contributed by atoms with E-state index in [-0.39, 0.29) is 11.1 Å². The van der Waals surface area contributed by atoms with Crippen molar-refractivity contribution in [2.45, 2.75) is 6.92 Å². The molecule has 0 aliphatic carbocycles. The summed E-state index contributed by atoms with van der Waals surface area (Å²) in [5.74, 6) is -1.87. The average Bonchev–Trinajstić information content (AvgIpc) is 2.03. The van der Waals surface area contributed by atoms with Crippen molar-refractivity contribution in [1.82, 2.24) is 4.98 Å². The molecule has 1 heterocycles. The number of pyridine rings is 1. The maximum absolute atomic E-state index is 10.5. The van der Waals surface area contributed by atoms with E-state index in [1.54, 1.807) is 6.07 Å². The summed E-state index contributed by atoms with van der Waals surface area (Å²) >= 11 is 0. The highest BCUT2D eigenvalue weighted by Gasteiger charge is 2.13. The van der Waals surface area contributed by atoms with Crippen molar-refractivity contribution >= 4 is 5.97 Å².